The number of aliphatic carboxylic acids is 1. The zero-order chi connectivity index (χ0) is 21.8. The van der Waals surface area contributed by atoms with Gasteiger partial charge in [0.25, 0.3) is 0 Å². The van der Waals surface area contributed by atoms with E-state index < -0.39 is 5.97 Å². The zero-order valence-electron chi connectivity index (χ0n) is 17.0. The van der Waals surface area contributed by atoms with Crippen molar-refractivity contribution in [1.29, 1.82) is 0 Å². The quantitative estimate of drug-likeness (QED) is 0.499. The van der Waals surface area contributed by atoms with Crippen molar-refractivity contribution in [3.63, 3.8) is 0 Å². The lowest BCUT2D eigenvalue weighted by molar-refractivity contribution is -0.138. The fourth-order valence-corrected chi connectivity index (χ4v) is 4.36. The highest BCUT2D eigenvalue weighted by molar-refractivity contribution is 6.45. The van der Waals surface area contributed by atoms with Crippen LogP contribution >= 0.6 is 23.2 Å². The number of benzene rings is 1. The first-order valence-electron chi connectivity index (χ1n) is 10.4. The maximum atomic E-state index is 10.8. The van der Waals surface area contributed by atoms with Crippen LogP contribution in [0.3, 0.4) is 0 Å². The summed E-state index contributed by atoms with van der Waals surface area (Å²) in [5.74, 6) is -0.0560. The average Bonchev–Trinajstić information content (AvgIpc) is 3.19. The van der Waals surface area contributed by atoms with Crippen molar-refractivity contribution in [2.75, 3.05) is 24.7 Å². The molecule has 31 heavy (non-hydrogen) atoms. The van der Waals surface area contributed by atoms with E-state index in [0.717, 1.165) is 49.1 Å². The third kappa shape index (κ3) is 4.95. The van der Waals surface area contributed by atoms with E-state index in [1.807, 2.05) is 22.9 Å². The Labute approximate surface area is 190 Å². The van der Waals surface area contributed by atoms with Crippen molar-refractivity contribution in [1.82, 2.24) is 14.5 Å². The van der Waals surface area contributed by atoms with Gasteiger partial charge in [-0.2, -0.15) is 0 Å². The number of carbonyl (C=O) groups is 1. The van der Waals surface area contributed by atoms with Gasteiger partial charge in [-0.3, -0.25) is 4.79 Å². The van der Waals surface area contributed by atoms with Crippen LogP contribution in [-0.4, -0.2) is 51.4 Å². The molecule has 1 unspecified atom stereocenters. The minimum absolute atomic E-state index is 0.000170. The summed E-state index contributed by atoms with van der Waals surface area (Å²) in [6, 6.07) is 5.85. The number of rotatable bonds is 7. The van der Waals surface area contributed by atoms with E-state index in [-0.39, 0.29) is 19.1 Å². The number of fused-ring (bicyclic) bond motifs is 1. The summed E-state index contributed by atoms with van der Waals surface area (Å²) in [5, 5.41) is 10.6. The summed E-state index contributed by atoms with van der Waals surface area (Å²) in [4.78, 5) is 22.1. The van der Waals surface area contributed by atoms with Gasteiger partial charge in [0.05, 0.1) is 53.3 Å². The molecule has 3 aromatic rings. The van der Waals surface area contributed by atoms with E-state index in [0.29, 0.717) is 22.2 Å². The molecule has 1 N–H and O–H groups in total. The predicted octanol–water partition coefficient (Wildman–Crippen LogP) is 4.97. The molecule has 1 fully saturated rings. The Hall–Kier alpha value is -2.35. The molecule has 164 valence electrons. The molecule has 0 bridgehead atoms. The number of pyridine rings is 1. The van der Waals surface area contributed by atoms with Crippen molar-refractivity contribution in [3.8, 4) is 5.69 Å². The first kappa shape index (κ1) is 21.9. The van der Waals surface area contributed by atoms with Gasteiger partial charge in [0.2, 0.25) is 0 Å². The topological polar surface area (TPSA) is 80.5 Å². The molecular weight excluding hydrogens is 439 g/mol. The van der Waals surface area contributed by atoms with Crippen LogP contribution < -0.4 is 4.90 Å². The summed E-state index contributed by atoms with van der Waals surface area (Å²) in [5.41, 5.74) is 1.57. The molecule has 1 aliphatic heterocycles. The number of carboxylic acid groups (broad SMARTS) is 1. The lowest BCUT2D eigenvalue weighted by Gasteiger charge is -2.31. The van der Waals surface area contributed by atoms with Gasteiger partial charge in [0.1, 0.15) is 5.82 Å². The molecule has 1 aromatic carbocycles. The smallest absolute Gasteiger partial charge is 0.305 e. The number of halogens is 2. The number of aromatic nitrogens is 3. The molecular formula is C22H24Cl2N4O3. The van der Waals surface area contributed by atoms with E-state index in [1.54, 1.807) is 18.6 Å². The molecule has 3 heterocycles. The van der Waals surface area contributed by atoms with E-state index in [4.69, 9.17) is 38.0 Å². The Morgan fingerprint density at radius 3 is 2.90 bits per heavy atom. The number of nitrogens with zero attached hydrogens (tertiary/aromatic N) is 4. The highest BCUT2D eigenvalue weighted by Gasteiger charge is 2.24. The molecule has 1 atom stereocenters. The van der Waals surface area contributed by atoms with Gasteiger partial charge in [0, 0.05) is 30.4 Å². The van der Waals surface area contributed by atoms with E-state index >= 15 is 0 Å². The molecule has 0 spiro atoms. The lowest BCUT2D eigenvalue weighted by atomic mass is 10.1. The molecule has 1 saturated heterocycles. The molecule has 7 nitrogen and oxygen atoms in total. The summed E-state index contributed by atoms with van der Waals surface area (Å²) >= 11 is 12.8. The fourth-order valence-electron chi connectivity index (χ4n) is 4.00. The van der Waals surface area contributed by atoms with Crippen molar-refractivity contribution >= 4 is 45.9 Å². The average molecular weight is 463 g/mol. The number of hydrogen-bond donors (Lipinski definition) is 1. The second-order valence-corrected chi connectivity index (χ2v) is 8.43. The molecule has 2 aromatic heterocycles. The summed E-state index contributed by atoms with van der Waals surface area (Å²) in [6.45, 7) is 1.50. The van der Waals surface area contributed by atoms with Gasteiger partial charge in [-0.1, -0.05) is 36.0 Å². The van der Waals surface area contributed by atoms with Gasteiger partial charge in [-0.15, -0.1) is 0 Å². The van der Waals surface area contributed by atoms with Crippen LogP contribution in [0.4, 0.5) is 5.82 Å². The van der Waals surface area contributed by atoms with E-state index in [2.05, 4.69) is 9.88 Å². The maximum Gasteiger partial charge on any atom is 0.305 e. The molecule has 9 heteroatoms. The van der Waals surface area contributed by atoms with Gasteiger partial charge in [0.15, 0.2) is 0 Å². The van der Waals surface area contributed by atoms with Gasteiger partial charge in [-0.05, 0) is 25.0 Å². The van der Waals surface area contributed by atoms with Gasteiger partial charge < -0.3 is 19.3 Å². The zero-order valence-corrected chi connectivity index (χ0v) is 18.5. The van der Waals surface area contributed by atoms with Crippen LogP contribution in [0.2, 0.25) is 10.0 Å². The van der Waals surface area contributed by atoms with Gasteiger partial charge >= 0.3 is 5.97 Å². The van der Waals surface area contributed by atoms with Gasteiger partial charge in [-0.25, -0.2) is 9.97 Å². The van der Waals surface area contributed by atoms with Crippen molar-refractivity contribution in [2.24, 2.45) is 0 Å². The van der Waals surface area contributed by atoms with Crippen LogP contribution in [0.25, 0.3) is 16.6 Å². The second-order valence-electron chi connectivity index (χ2n) is 7.64. The van der Waals surface area contributed by atoms with Crippen LogP contribution in [-0.2, 0) is 9.53 Å². The largest absolute Gasteiger partial charge is 0.481 e. The minimum atomic E-state index is -0.856. The van der Waals surface area contributed by atoms with Crippen LogP contribution in [0.1, 0.15) is 32.1 Å². The Morgan fingerprint density at radius 1 is 1.26 bits per heavy atom. The normalized spacial score (nSPS) is 17.1. The Morgan fingerprint density at radius 2 is 2.13 bits per heavy atom. The highest BCUT2D eigenvalue weighted by Crippen LogP contribution is 2.36. The Balaban J connectivity index is 1.73. The van der Waals surface area contributed by atoms with Crippen LogP contribution in [0.5, 0.6) is 0 Å². The lowest BCUT2D eigenvalue weighted by Crippen LogP contribution is -2.39. The van der Waals surface area contributed by atoms with Crippen LogP contribution in [0, 0.1) is 0 Å². The molecule has 4 rings (SSSR count). The minimum Gasteiger partial charge on any atom is -0.481 e. The van der Waals surface area contributed by atoms with Crippen molar-refractivity contribution in [3.05, 3.63) is 47.0 Å². The Bertz CT molecular complexity index is 1060. The van der Waals surface area contributed by atoms with Crippen molar-refractivity contribution in [2.45, 2.75) is 38.1 Å². The first-order chi connectivity index (χ1) is 15.0. The monoisotopic (exact) mass is 462 g/mol. The van der Waals surface area contributed by atoms with E-state index in [9.17, 15) is 4.79 Å². The number of ether oxygens (including phenoxy) is 1. The highest BCUT2D eigenvalue weighted by atomic mass is 35.5. The van der Waals surface area contributed by atoms with Crippen molar-refractivity contribution < 1.29 is 14.6 Å². The molecule has 0 radical (unpaired) electrons. The summed E-state index contributed by atoms with van der Waals surface area (Å²) in [6.07, 6.45) is 9.60. The van der Waals surface area contributed by atoms with Crippen LogP contribution in [0.15, 0.2) is 36.9 Å². The summed E-state index contributed by atoms with van der Waals surface area (Å²) < 4.78 is 7.65. The standard InChI is InChI=1S/C22H24Cl2N4O3/c23-17-6-5-16-18(27-10-8-25-14-27)12-19(26-22(16)21(17)24)28-9-3-1-2-4-15(28)13-31-11-7-20(29)30/h5-6,8,10,12,14-15H,1-4,7,9,11,13H2,(H,29,30). The SMILES string of the molecule is O=C(O)CCOCC1CCCCCN1c1cc(-n2ccnc2)c2ccc(Cl)c(Cl)c2n1. The molecule has 0 saturated carbocycles. The fraction of sp³-hybridized carbons (Fsp3) is 0.409. The number of imidazole rings is 1. The number of hydrogen-bond acceptors (Lipinski definition) is 5. The maximum absolute atomic E-state index is 10.8. The first-order valence-corrected chi connectivity index (χ1v) is 11.1. The Kier molecular flexibility index (Phi) is 6.95. The number of carboxylic acids is 1. The molecule has 1 aliphatic rings. The third-order valence-corrected chi connectivity index (χ3v) is 6.36. The summed E-state index contributed by atoms with van der Waals surface area (Å²) in [7, 11) is 0. The predicted molar refractivity (Wildman–Crippen MR) is 122 cm³/mol. The number of anilines is 1. The molecule has 0 amide bonds. The van der Waals surface area contributed by atoms with E-state index in [1.165, 1.54) is 0 Å². The third-order valence-electron chi connectivity index (χ3n) is 5.56. The molecule has 0 aliphatic carbocycles. The second kappa shape index (κ2) is 9.85.